The van der Waals surface area contributed by atoms with Gasteiger partial charge in [0.2, 0.25) is 0 Å². The molecule has 0 aromatic heterocycles. The highest BCUT2D eigenvalue weighted by Gasteiger charge is 2.35. The SMILES string of the molecule is O=C1c2ccccc2C2C=CCCN12. The van der Waals surface area contributed by atoms with E-state index in [2.05, 4.69) is 12.2 Å². The molecule has 2 heteroatoms. The van der Waals surface area contributed by atoms with Crippen LogP contribution in [-0.4, -0.2) is 17.4 Å². The Hall–Kier alpha value is -1.57. The second kappa shape index (κ2) is 2.71. The van der Waals surface area contributed by atoms with Crippen molar-refractivity contribution in [3.63, 3.8) is 0 Å². The Kier molecular flexibility index (Phi) is 1.51. The normalized spacial score (nSPS) is 23.6. The van der Waals surface area contributed by atoms with Crippen LogP contribution in [0.1, 0.15) is 28.4 Å². The van der Waals surface area contributed by atoms with Crippen molar-refractivity contribution in [3.05, 3.63) is 47.5 Å². The van der Waals surface area contributed by atoms with Gasteiger partial charge in [-0.15, -0.1) is 0 Å². The van der Waals surface area contributed by atoms with Crippen LogP contribution in [-0.2, 0) is 0 Å². The van der Waals surface area contributed by atoms with Gasteiger partial charge in [0.1, 0.15) is 0 Å². The van der Waals surface area contributed by atoms with Crippen LogP contribution in [0.5, 0.6) is 0 Å². The Morgan fingerprint density at radius 1 is 1.29 bits per heavy atom. The molecule has 0 bridgehead atoms. The van der Waals surface area contributed by atoms with E-state index in [-0.39, 0.29) is 11.9 Å². The number of hydrogen-bond donors (Lipinski definition) is 0. The summed E-state index contributed by atoms with van der Waals surface area (Å²) in [7, 11) is 0. The molecule has 1 aromatic rings. The van der Waals surface area contributed by atoms with Crippen LogP contribution in [0, 0.1) is 0 Å². The van der Waals surface area contributed by atoms with E-state index in [0.29, 0.717) is 0 Å². The molecule has 1 unspecified atom stereocenters. The smallest absolute Gasteiger partial charge is 0.254 e. The van der Waals surface area contributed by atoms with Crippen molar-refractivity contribution >= 4 is 5.91 Å². The molecule has 14 heavy (non-hydrogen) atoms. The number of carbonyl (C=O) groups is 1. The van der Waals surface area contributed by atoms with E-state index in [1.807, 2.05) is 29.2 Å². The van der Waals surface area contributed by atoms with E-state index < -0.39 is 0 Å². The molecule has 2 heterocycles. The summed E-state index contributed by atoms with van der Waals surface area (Å²) in [6, 6.07) is 8.10. The highest BCUT2D eigenvalue weighted by atomic mass is 16.2. The largest absolute Gasteiger partial charge is 0.328 e. The Balaban J connectivity index is 2.18. The molecule has 2 aliphatic heterocycles. The minimum absolute atomic E-state index is 0.190. The zero-order chi connectivity index (χ0) is 9.54. The summed E-state index contributed by atoms with van der Waals surface area (Å²) in [5.41, 5.74) is 2.04. The third-order valence-corrected chi connectivity index (χ3v) is 2.96. The van der Waals surface area contributed by atoms with Crippen molar-refractivity contribution < 1.29 is 4.79 Å². The van der Waals surface area contributed by atoms with Gasteiger partial charge < -0.3 is 4.90 Å². The molecule has 0 saturated heterocycles. The molecule has 1 atom stereocenters. The summed E-state index contributed by atoms with van der Waals surface area (Å²) in [5.74, 6) is 0.190. The van der Waals surface area contributed by atoms with Crippen molar-refractivity contribution in [2.75, 3.05) is 6.54 Å². The summed E-state index contributed by atoms with van der Waals surface area (Å²) < 4.78 is 0. The monoisotopic (exact) mass is 185 g/mol. The van der Waals surface area contributed by atoms with Crippen LogP contribution in [0.25, 0.3) is 0 Å². The number of carbonyl (C=O) groups excluding carboxylic acids is 1. The van der Waals surface area contributed by atoms with Gasteiger partial charge in [0.05, 0.1) is 6.04 Å². The summed E-state index contributed by atoms with van der Waals surface area (Å²) in [4.78, 5) is 13.9. The first-order chi connectivity index (χ1) is 6.88. The first kappa shape index (κ1) is 7.80. The average molecular weight is 185 g/mol. The van der Waals surface area contributed by atoms with Crippen molar-refractivity contribution in [2.24, 2.45) is 0 Å². The Morgan fingerprint density at radius 2 is 2.14 bits per heavy atom. The first-order valence-electron chi connectivity index (χ1n) is 4.94. The highest BCUT2D eigenvalue weighted by Crippen LogP contribution is 2.36. The molecule has 0 saturated carbocycles. The van der Waals surface area contributed by atoms with Gasteiger partial charge in [-0.1, -0.05) is 30.4 Å². The molecule has 2 aliphatic rings. The lowest BCUT2D eigenvalue weighted by Gasteiger charge is -2.25. The van der Waals surface area contributed by atoms with Gasteiger partial charge in [0.15, 0.2) is 0 Å². The molecule has 0 fully saturated rings. The van der Waals surface area contributed by atoms with E-state index in [9.17, 15) is 4.79 Å². The summed E-state index contributed by atoms with van der Waals surface area (Å²) >= 11 is 0. The fourth-order valence-electron chi connectivity index (χ4n) is 2.29. The molecule has 0 spiro atoms. The molecular weight excluding hydrogens is 174 g/mol. The van der Waals surface area contributed by atoms with Crippen molar-refractivity contribution in [3.8, 4) is 0 Å². The lowest BCUT2D eigenvalue weighted by Crippen LogP contribution is -2.29. The second-order valence-electron chi connectivity index (χ2n) is 3.75. The minimum Gasteiger partial charge on any atom is -0.328 e. The van der Waals surface area contributed by atoms with Crippen LogP contribution in [0.2, 0.25) is 0 Å². The molecule has 3 rings (SSSR count). The summed E-state index contributed by atoms with van der Waals surface area (Å²) in [6.45, 7) is 0.856. The number of benzene rings is 1. The van der Waals surface area contributed by atoms with Gasteiger partial charge in [-0.2, -0.15) is 0 Å². The van der Waals surface area contributed by atoms with Crippen molar-refractivity contribution in [2.45, 2.75) is 12.5 Å². The van der Waals surface area contributed by atoms with E-state index in [1.165, 1.54) is 0 Å². The van der Waals surface area contributed by atoms with Crippen LogP contribution in [0.4, 0.5) is 0 Å². The number of hydrogen-bond acceptors (Lipinski definition) is 1. The molecule has 1 aromatic carbocycles. The second-order valence-corrected chi connectivity index (χ2v) is 3.75. The molecule has 0 N–H and O–H groups in total. The highest BCUT2D eigenvalue weighted by molar-refractivity contribution is 5.99. The number of nitrogens with zero attached hydrogens (tertiary/aromatic N) is 1. The van der Waals surface area contributed by atoms with Crippen LogP contribution in [0.15, 0.2) is 36.4 Å². The zero-order valence-electron chi connectivity index (χ0n) is 7.81. The van der Waals surface area contributed by atoms with Crippen LogP contribution >= 0.6 is 0 Å². The topological polar surface area (TPSA) is 20.3 Å². The third kappa shape index (κ3) is 0.882. The maximum atomic E-state index is 11.9. The standard InChI is InChI=1S/C12H11NO/c14-12-10-6-2-1-5-9(10)11-7-3-4-8-13(11)12/h1-3,5-7,11H,4,8H2. The molecular formula is C12H11NO. The zero-order valence-corrected chi connectivity index (χ0v) is 7.81. The number of amides is 1. The van der Waals surface area contributed by atoms with Gasteiger partial charge in [-0.05, 0) is 18.1 Å². The van der Waals surface area contributed by atoms with E-state index >= 15 is 0 Å². The maximum absolute atomic E-state index is 11.9. The van der Waals surface area contributed by atoms with Gasteiger partial charge in [0, 0.05) is 12.1 Å². The minimum atomic E-state index is 0.190. The predicted molar refractivity (Wildman–Crippen MR) is 54.0 cm³/mol. The number of fused-ring (bicyclic) bond motifs is 3. The molecule has 2 nitrogen and oxygen atoms in total. The Bertz CT molecular complexity index is 422. The average Bonchev–Trinajstić information content (AvgIpc) is 2.55. The lowest BCUT2D eigenvalue weighted by atomic mass is 10.0. The quantitative estimate of drug-likeness (QED) is 0.567. The summed E-state index contributed by atoms with van der Waals surface area (Å²) in [6.07, 6.45) is 5.28. The molecule has 70 valence electrons. The van der Waals surface area contributed by atoms with Crippen molar-refractivity contribution in [1.82, 2.24) is 4.90 Å². The maximum Gasteiger partial charge on any atom is 0.254 e. The van der Waals surface area contributed by atoms with Gasteiger partial charge >= 0.3 is 0 Å². The van der Waals surface area contributed by atoms with Gasteiger partial charge in [-0.25, -0.2) is 0 Å². The fourth-order valence-corrected chi connectivity index (χ4v) is 2.29. The number of rotatable bonds is 0. The van der Waals surface area contributed by atoms with Crippen LogP contribution in [0.3, 0.4) is 0 Å². The van der Waals surface area contributed by atoms with E-state index in [4.69, 9.17) is 0 Å². The lowest BCUT2D eigenvalue weighted by molar-refractivity contribution is 0.0749. The van der Waals surface area contributed by atoms with Crippen molar-refractivity contribution in [1.29, 1.82) is 0 Å². The van der Waals surface area contributed by atoms with Gasteiger partial charge in [-0.3, -0.25) is 4.79 Å². The fraction of sp³-hybridized carbons (Fsp3) is 0.250. The Morgan fingerprint density at radius 3 is 3.07 bits per heavy atom. The van der Waals surface area contributed by atoms with E-state index in [0.717, 1.165) is 24.1 Å². The molecule has 0 aliphatic carbocycles. The van der Waals surface area contributed by atoms with E-state index in [1.54, 1.807) is 0 Å². The predicted octanol–water partition coefficient (Wildman–Crippen LogP) is 2.14. The third-order valence-electron chi connectivity index (χ3n) is 2.96. The molecule has 1 amide bonds. The molecule has 0 radical (unpaired) electrons. The first-order valence-corrected chi connectivity index (χ1v) is 4.94. The van der Waals surface area contributed by atoms with Crippen LogP contribution < -0.4 is 0 Å². The van der Waals surface area contributed by atoms with Gasteiger partial charge in [0.25, 0.3) is 5.91 Å². The summed E-state index contributed by atoms with van der Waals surface area (Å²) in [5, 5.41) is 0. The Labute approximate surface area is 82.8 Å².